The maximum absolute atomic E-state index is 11.5. The Kier molecular flexibility index (Phi) is 6.53. The van der Waals surface area contributed by atoms with Crippen molar-refractivity contribution in [3.8, 4) is 0 Å². The predicted molar refractivity (Wildman–Crippen MR) is 87.9 cm³/mol. The highest BCUT2D eigenvalue weighted by atomic mass is 16.6. The van der Waals surface area contributed by atoms with E-state index in [9.17, 15) is 4.79 Å². The zero-order valence-electron chi connectivity index (χ0n) is 13.9. The summed E-state index contributed by atoms with van der Waals surface area (Å²) in [4.78, 5) is 11.5. The zero-order valence-corrected chi connectivity index (χ0v) is 13.9. The van der Waals surface area contributed by atoms with Crippen LogP contribution in [0.2, 0.25) is 0 Å². The van der Waals surface area contributed by atoms with Gasteiger partial charge < -0.3 is 15.4 Å². The van der Waals surface area contributed by atoms with E-state index in [1.807, 2.05) is 20.8 Å². The third kappa shape index (κ3) is 6.52. The molecule has 0 heterocycles. The van der Waals surface area contributed by atoms with Crippen molar-refractivity contribution in [3.05, 3.63) is 29.3 Å². The molecule has 0 bridgehead atoms. The lowest BCUT2D eigenvalue weighted by Crippen LogP contribution is -2.33. The van der Waals surface area contributed by atoms with Gasteiger partial charge in [-0.25, -0.2) is 4.79 Å². The quantitative estimate of drug-likeness (QED) is 0.782. The molecule has 0 atom stereocenters. The predicted octanol–water partition coefficient (Wildman–Crippen LogP) is 3.88. The molecule has 0 radical (unpaired) electrons. The number of carbonyl (C=O) groups excluding carboxylic acids is 1. The van der Waals surface area contributed by atoms with Gasteiger partial charge in [0.05, 0.1) is 0 Å². The van der Waals surface area contributed by atoms with Gasteiger partial charge in [0.15, 0.2) is 0 Å². The second-order valence-electron chi connectivity index (χ2n) is 6.17. The first-order valence-corrected chi connectivity index (χ1v) is 7.62. The van der Waals surface area contributed by atoms with Crippen molar-refractivity contribution < 1.29 is 9.53 Å². The van der Waals surface area contributed by atoms with Gasteiger partial charge in [-0.2, -0.15) is 0 Å². The summed E-state index contributed by atoms with van der Waals surface area (Å²) in [6.45, 7) is 11.3. The molecule has 1 aromatic rings. The molecule has 0 saturated heterocycles. The van der Waals surface area contributed by atoms with Gasteiger partial charge in [-0.05, 0) is 51.7 Å². The summed E-state index contributed by atoms with van der Waals surface area (Å²) in [7, 11) is 0. The monoisotopic (exact) mass is 292 g/mol. The highest BCUT2D eigenvalue weighted by molar-refractivity contribution is 5.67. The largest absolute Gasteiger partial charge is 0.444 e. The van der Waals surface area contributed by atoms with E-state index in [1.165, 1.54) is 16.8 Å². The number of nitrogens with one attached hydrogen (secondary N) is 2. The van der Waals surface area contributed by atoms with E-state index in [0.717, 1.165) is 19.4 Å². The summed E-state index contributed by atoms with van der Waals surface area (Å²) >= 11 is 0. The van der Waals surface area contributed by atoms with Gasteiger partial charge in [0, 0.05) is 18.8 Å². The van der Waals surface area contributed by atoms with Crippen LogP contribution in [0, 0.1) is 6.92 Å². The molecule has 0 aliphatic rings. The first-order valence-electron chi connectivity index (χ1n) is 7.62. The number of benzene rings is 1. The first kappa shape index (κ1) is 17.3. The molecule has 0 spiro atoms. The lowest BCUT2D eigenvalue weighted by molar-refractivity contribution is 0.0528. The maximum atomic E-state index is 11.5. The van der Waals surface area contributed by atoms with Crippen LogP contribution in [0.3, 0.4) is 0 Å². The molecule has 21 heavy (non-hydrogen) atoms. The number of hydrogen-bond acceptors (Lipinski definition) is 3. The number of alkyl carbamates (subject to hydrolysis) is 1. The molecule has 1 rings (SSSR count). The lowest BCUT2D eigenvalue weighted by atomic mass is 10.1. The van der Waals surface area contributed by atoms with Crippen LogP contribution in [0.1, 0.15) is 45.2 Å². The zero-order chi connectivity index (χ0) is 15.9. The Balaban J connectivity index is 2.31. The fourth-order valence-electron chi connectivity index (χ4n) is 2.08. The number of amides is 1. The molecule has 2 N–H and O–H groups in total. The SMILES string of the molecule is CCc1cccc(C)c1NCCCNC(=O)OC(C)(C)C. The van der Waals surface area contributed by atoms with Gasteiger partial charge in [0.2, 0.25) is 0 Å². The van der Waals surface area contributed by atoms with E-state index in [1.54, 1.807) is 0 Å². The van der Waals surface area contributed by atoms with Gasteiger partial charge in [-0.3, -0.25) is 0 Å². The number of carbonyl (C=O) groups is 1. The van der Waals surface area contributed by atoms with Crippen LogP contribution < -0.4 is 10.6 Å². The summed E-state index contributed by atoms with van der Waals surface area (Å²) in [5, 5.41) is 6.23. The van der Waals surface area contributed by atoms with Gasteiger partial charge in [0.1, 0.15) is 5.60 Å². The maximum Gasteiger partial charge on any atom is 0.407 e. The van der Waals surface area contributed by atoms with E-state index < -0.39 is 5.60 Å². The number of anilines is 1. The second-order valence-corrected chi connectivity index (χ2v) is 6.17. The Bertz CT molecular complexity index is 464. The Morgan fingerprint density at radius 3 is 2.57 bits per heavy atom. The molecule has 4 heteroatoms. The van der Waals surface area contributed by atoms with Crippen molar-refractivity contribution in [2.24, 2.45) is 0 Å². The number of aryl methyl sites for hydroxylation is 2. The van der Waals surface area contributed by atoms with Crippen LogP contribution in [0.4, 0.5) is 10.5 Å². The van der Waals surface area contributed by atoms with E-state index in [4.69, 9.17) is 4.74 Å². The molecule has 1 aromatic carbocycles. The molecule has 118 valence electrons. The number of hydrogen-bond donors (Lipinski definition) is 2. The molecule has 0 aromatic heterocycles. The molecule has 0 saturated carbocycles. The molecule has 1 amide bonds. The van der Waals surface area contributed by atoms with E-state index >= 15 is 0 Å². The standard InChI is InChI=1S/C17H28N2O2/c1-6-14-10-7-9-13(2)15(14)18-11-8-12-19-16(20)21-17(3,4)5/h7,9-10,18H,6,8,11-12H2,1-5H3,(H,19,20). The van der Waals surface area contributed by atoms with Crippen LogP contribution in [0.15, 0.2) is 18.2 Å². The molecule has 0 aliphatic heterocycles. The van der Waals surface area contributed by atoms with Gasteiger partial charge >= 0.3 is 6.09 Å². The molecule has 0 unspecified atom stereocenters. The number of para-hydroxylation sites is 1. The van der Waals surface area contributed by atoms with Crippen molar-refractivity contribution in [2.45, 2.75) is 53.1 Å². The summed E-state index contributed by atoms with van der Waals surface area (Å²) < 4.78 is 5.19. The Labute approximate surface area is 128 Å². The Morgan fingerprint density at radius 2 is 1.95 bits per heavy atom. The minimum atomic E-state index is -0.445. The van der Waals surface area contributed by atoms with Crippen LogP contribution in [-0.4, -0.2) is 24.8 Å². The molecular formula is C17H28N2O2. The highest BCUT2D eigenvalue weighted by Crippen LogP contribution is 2.20. The summed E-state index contributed by atoms with van der Waals surface area (Å²) in [5.41, 5.74) is 3.36. The molecule has 4 nitrogen and oxygen atoms in total. The topological polar surface area (TPSA) is 50.4 Å². The van der Waals surface area contributed by atoms with E-state index in [-0.39, 0.29) is 6.09 Å². The van der Waals surface area contributed by atoms with Crippen LogP contribution >= 0.6 is 0 Å². The van der Waals surface area contributed by atoms with E-state index in [0.29, 0.717) is 6.54 Å². The Morgan fingerprint density at radius 1 is 1.24 bits per heavy atom. The molecule has 0 aliphatic carbocycles. The summed E-state index contributed by atoms with van der Waals surface area (Å²) in [6, 6.07) is 6.35. The summed E-state index contributed by atoms with van der Waals surface area (Å²) in [5.74, 6) is 0. The van der Waals surface area contributed by atoms with Crippen molar-refractivity contribution in [1.82, 2.24) is 5.32 Å². The highest BCUT2D eigenvalue weighted by Gasteiger charge is 2.15. The van der Waals surface area contributed by atoms with Crippen molar-refractivity contribution >= 4 is 11.8 Å². The third-order valence-electron chi connectivity index (χ3n) is 3.06. The average Bonchev–Trinajstić information content (AvgIpc) is 2.37. The number of rotatable bonds is 6. The molecule has 0 fully saturated rings. The lowest BCUT2D eigenvalue weighted by Gasteiger charge is -2.19. The van der Waals surface area contributed by atoms with Crippen molar-refractivity contribution in [2.75, 3.05) is 18.4 Å². The average molecular weight is 292 g/mol. The Hall–Kier alpha value is -1.71. The van der Waals surface area contributed by atoms with Crippen molar-refractivity contribution in [3.63, 3.8) is 0 Å². The van der Waals surface area contributed by atoms with Gasteiger partial charge in [0.25, 0.3) is 0 Å². The van der Waals surface area contributed by atoms with Crippen molar-refractivity contribution in [1.29, 1.82) is 0 Å². The minimum absolute atomic E-state index is 0.354. The van der Waals surface area contributed by atoms with E-state index in [2.05, 4.69) is 42.7 Å². The van der Waals surface area contributed by atoms with Crippen LogP contribution in [0.25, 0.3) is 0 Å². The van der Waals surface area contributed by atoms with Crippen LogP contribution in [-0.2, 0) is 11.2 Å². The number of ether oxygens (including phenoxy) is 1. The smallest absolute Gasteiger partial charge is 0.407 e. The molecular weight excluding hydrogens is 264 g/mol. The minimum Gasteiger partial charge on any atom is -0.444 e. The first-order chi connectivity index (χ1) is 9.83. The summed E-state index contributed by atoms with van der Waals surface area (Å²) in [6.07, 6.45) is 1.52. The van der Waals surface area contributed by atoms with Gasteiger partial charge in [-0.1, -0.05) is 25.1 Å². The van der Waals surface area contributed by atoms with Crippen LogP contribution in [0.5, 0.6) is 0 Å². The normalized spacial score (nSPS) is 11.1. The van der Waals surface area contributed by atoms with Gasteiger partial charge in [-0.15, -0.1) is 0 Å². The second kappa shape index (κ2) is 7.91. The fourth-order valence-corrected chi connectivity index (χ4v) is 2.08. The fraction of sp³-hybridized carbons (Fsp3) is 0.588. The third-order valence-corrected chi connectivity index (χ3v) is 3.06.